The van der Waals surface area contributed by atoms with Crippen LogP contribution in [-0.2, 0) is 9.59 Å². The lowest BCUT2D eigenvalue weighted by Crippen LogP contribution is -2.42. The fraction of sp³-hybridized carbons (Fsp3) is 0.385. The molecular weight excluding hydrogens is 416 g/mol. The Hall–Kier alpha value is -3.48. The molecule has 2 aromatic carbocycles. The summed E-state index contributed by atoms with van der Waals surface area (Å²) in [7, 11) is 0. The summed E-state index contributed by atoms with van der Waals surface area (Å²) in [6.45, 7) is 5.78. The Bertz CT molecular complexity index is 1160. The molecule has 5 rings (SSSR count). The summed E-state index contributed by atoms with van der Waals surface area (Å²) in [5.41, 5.74) is 4.09. The van der Waals surface area contributed by atoms with Crippen molar-refractivity contribution in [3.05, 3.63) is 65.5 Å². The van der Waals surface area contributed by atoms with Gasteiger partial charge in [-0.25, -0.2) is 0 Å². The fourth-order valence-corrected chi connectivity index (χ4v) is 4.79. The lowest BCUT2D eigenvalue weighted by molar-refractivity contribution is -0.136. The molecule has 1 atom stereocenters. The zero-order chi connectivity index (χ0) is 22.9. The van der Waals surface area contributed by atoms with E-state index in [1.807, 2.05) is 67.3 Å². The highest BCUT2D eigenvalue weighted by atomic mass is 16.5. The van der Waals surface area contributed by atoms with Crippen LogP contribution in [-0.4, -0.2) is 46.5 Å². The van der Waals surface area contributed by atoms with E-state index < -0.39 is 0 Å². The topological polar surface area (TPSA) is 79.5 Å². The van der Waals surface area contributed by atoms with Gasteiger partial charge >= 0.3 is 0 Å². The summed E-state index contributed by atoms with van der Waals surface area (Å²) >= 11 is 0. The monoisotopic (exact) mass is 444 g/mol. The number of aryl methyl sites for hydroxylation is 2. The number of aromatic nitrogens is 2. The molecule has 2 aliphatic rings. The van der Waals surface area contributed by atoms with Gasteiger partial charge in [0.15, 0.2) is 0 Å². The average molecular weight is 445 g/mol. The number of carbonyl (C=O) groups is 2. The van der Waals surface area contributed by atoms with Crippen molar-refractivity contribution in [1.82, 2.24) is 15.0 Å². The lowest BCUT2D eigenvalue weighted by atomic mass is 9.95. The molecule has 0 bridgehead atoms. The molecule has 3 aromatic rings. The van der Waals surface area contributed by atoms with Crippen LogP contribution >= 0.6 is 0 Å². The van der Waals surface area contributed by atoms with E-state index >= 15 is 0 Å². The maximum atomic E-state index is 13.1. The number of rotatable bonds is 4. The standard InChI is InChI=1S/C26H28N4O3/c1-17-7-9-21(10-8-17)30-16-20(15-23(30)31)26(32)29-13-11-19(12-14-29)25-27-24(28-33-25)22-6-4-3-5-18(22)2/h3-10,19-20H,11-16H2,1-2H3/t20-/m1/s1. The summed E-state index contributed by atoms with van der Waals surface area (Å²) in [6.07, 6.45) is 1.84. The van der Waals surface area contributed by atoms with Crippen LogP contribution in [0.2, 0.25) is 0 Å². The Morgan fingerprint density at radius 1 is 1.03 bits per heavy atom. The Kier molecular flexibility index (Phi) is 5.70. The van der Waals surface area contributed by atoms with Gasteiger partial charge in [-0.2, -0.15) is 4.98 Å². The van der Waals surface area contributed by atoms with Gasteiger partial charge in [-0.05, 0) is 44.4 Å². The van der Waals surface area contributed by atoms with Crippen molar-refractivity contribution in [3.8, 4) is 11.4 Å². The third kappa shape index (κ3) is 4.27. The Morgan fingerprint density at radius 3 is 2.48 bits per heavy atom. The number of nitrogens with zero attached hydrogens (tertiary/aromatic N) is 4. The first-order valence-corrected chi connectivity index (χ1v) is 11.5. The Balaban J connectivity index is 1.19. The molecule has 2 fully saturated rings. The third-order valence-electron chi connectivity index (χ3n) is 6.80. The molecular formula is C26H28N4O3. The smallest absolute Gasteiger partial charge is 0.230 e. The molecule has 170 valence electrons. The number of piperidine rings is 1. The van der Waals surface area contributed by atoms with Crippen LogP contribution in [0.25, 0.3) is 11.4 Å². The number of benzene rings is 2. The molecule has 33 heavy (non-hydrogen) atoms. The van der Waals surface area contributed by atoms with E-state index in [1.54, 1.807) is 4.90 Å². The molecule has 2 aliphatic heterocycles. The van der Waals surface area contributed by atoms with Crippen LogP contribution in [0, 0.1) is 19.8 Å². The van der Waals surface area contributed by atoms with Crippen molar-refractivity contribution >= 4 is 17.5 Å². The van der Waals surface area contributed by atoms with E-state index in [1.165, 1.54) is 0 Å². The molecule has 2 saturated heterocycles. The minimum absolute atomic E-state index is 0.0154. The minimum Gasteiger partial charge on any atom is -0.342 e. The van der Waals surface area contributed by atoms with Crippen molar-refractivity contribution in [2.24, 2.45) is 5.92 Å². The molecule has 0 radical (unpaired) electrons. The quantitative estimate of drug-likeness (QED) is 0.605. The van der Waals surface area contributed by atoms with Crippen LogP contribution in [0.4, 0.5) is 5.69 Å². The molecule has 0 spiro atoms. The van der Waals surface area contributed by atoms with Gasteiger partial charge in [0.1, 0.15) is 0 Å². The van der Waals surface area contributed by atoms with Gasteiger partial charge < -0.3 is 14.3 Å². The summed E-state index contributed by atoms with van der Waals surface area (Å²) < 4.78 is 5.58. The number of amides is 2. The van der Waals surface area contributed by atoms with Crippen molar-refractivity contribution in [1.29, 1.82) is 0 Å². The normalized spacial score (nSPS) is 19.3. The van der Waals surface area contributed by atoms with Crippen LogP contribution in [0.1, 0.15) is 42.2 Å². The van der Waals surface area contributed by atoms with Crippen molar-refractivity contribution < 1.29 is 14.1 Å². The zero-order valence-corrected chi connectivity index (χ0v) is 19.0. The number of carbonyl (C=O) groups excluding carboxylic acids is 2. The van der Waals surface area contributed by atoms with Gasteiger partial charge in [0.25, 0.3) is 0 Å². The molecule has 2 amide bonds. The van der Waals surface area contributed by atoms with Crippen LogP contribution in [0.3, 0.4) is 0 Å². The zero-order valence-electron chi connectivity index (χ0n) is 19.0. The van der Waals surface area contributed by atoms with Crippen molar-refractivity contribution in [2.45, 2.75) is 39.0 Å². The van der Waals surface area contributed by atoms with E-state index in [4.69, 9.17) is 4.52 Å². The summed E-state index contributed by atoms with van der Waals surface area (Å²) in [5, 5.41) is 4.18. The molecule has 0 saturated carbocycles. The minimum atomic E-state index is -0.286. The van der Waals surface area contributed by atoms with Gasteiger partial charge in [-0.15, -0.1) is 0 Å². The third-order valence-corrected chi connectivity index (χ3v) is 6.80. The van der Waals surface area contributed by atoms with E-state index in [-0.39, 0.29) is 30.1 Å². The van der Waals surface area contributed by atoms with E-state index in [2.05, 4.69) is 10.1 Å². The second kappa shape index (κ2) is 8.81. The molecule has 0 aliphatic carbocycles. The van der Waals surface area contributed by atoms with Crippen LogP contribution < -0.4 is 4.90 Å². The summed E-state index contributed by atoms with van der Waals surface area (Å²) in [5.74, 6) is 1.20. The van der Waals surface area contributed by atoms with Gasteiger partial charge in [0.05, 0.1) is 5.92 Å². The lowest BCUT2D eigenvalue weighted by Gasteiger charge is -2.32. The van der Waals surface area contributed by atoms with Gasteiger partial charge in [-0.3, -0.25) is 9.59 Å². The Morgan fingerprint density at radius 2 is 1.76 bits per heavy atom. The highest BCUT2D eigenvalue weighted by Gasteiger charge is 2.38. The predicted molar refractivity (Wildman–Crippen MR) is 125 cm³/mol. The summed E-state index contributed by atoms with van der Waals surface area (Å²) in [4.78, 5) is 34.0. The maximum absolute atomic E-state index is 13.1. The number of hydrogen-bond donors (Lipinski definition) is 0. The number of hydrogen-bond acceptors (Lipinski definition) is 5. The number of anilines is 1. The van der Waals surface area contributed by atoms with Crippen molar-refractivity contribution in [2.75, 3.05) is 24.5 Å². The molecule has 0 unspecified atom stereocenters. The molecule has 1 aromatic heterocycles. The fourth-order valence-electron chi connectivity index (χ4n) is 4.79. The van der Waals surface area contributed by atoms with Gasteiger partial charge in [0.2, 0.25) is 23.5 Å². The van der Waals surface area contributed by atoms with Gasteiger partial charge in [0, 0.05) is 43.2 Å². The van der Waals surface area contributed by atoms with Crippen LogP contribution in [0.15, 0.2) is 53.1 Å². The molecule has 3 heterocycles. The average Bonchev–Trinajstić information content (AvgIpc) is 3.47. The van der Waals surface area contributed by atoms with E-state index in [9.17, 15) is 9.59 Å². The molecule has 0 N–H and O–H groups in total. The van der Waals surface area contributed by atoms with Crippen molar-refractivity contribution in [3.63, 3.8) is 0 Å². The largest absolute Gasteiger partial charge is 0.342 e. The predicted octanol–water partition coefficient (Wildman–Crippen LogP) is 4.11. The van der Waals surface area contributed by atoms with Crippen LogP contribution in [0.5, 0.6) is 0 Å². The molecule has 7 nitrogen and oxygen atoms in total. The summed E-state index contributed by atoms with van der Waals surface area (Å²) in [6, 6.07) is 15.9. The first kappa shape index (κ1) is 21.4. The van der Waals surface area contributed by atoms with Gasteiger partial charge in [-0.1, -0.05) is 47.1 Å². The molecule has 7 heteroatoms. The Labute approximate surface area is 193 Å². The second-order valence-electron chi connectivity index (χ2n) is 9.11. The SMILES string of the molecule is Cc1ccc(N2C[C@H](C(=O)N3CCC(c4nc(-c5ccccc5C)no4)CC3)CC2=O)cc1. The van der Waals surface area contributed by atoms with E-state index in [0.717, 1.165) is 35.2 Å². The highest BCUT2D eigenvalue weighted by molar-refractivity contribution is 6.00. The first-order chi connectivity index (χ1) is 16.0. The number of likely N-dealkylation sites (tertiary alicyclic amines) is 1. The highest BCUT2D eigenvalue weighted by Crippen LogP contribution is 2.32. The second-order valence-corrected chi connectivity index (χ2v) is 9.11. The maximum Gasteiger partial charge on any atom is 0.230 e. The first-order valence-electron chi connectivity index (χ1n) is 11.5. The van der Waals surface area contributed by atoms with E-state index in [0.29, 0.717) is 31.3 Å².